The Morgan fingerprint density at radius 3 is 2.52 bits per heavy atom. The molecule has 33 heavy (non-hydrogen) atoms. The third-order valence-electron chi connectivity index (χ3n) is 4.71. The molecule has 0 saturated carbocycles. The molecule has 8 nitrogen and oxygen atoms in total. The average molecular weight is 461 g/mol. The Morgan fingerprint density at radius 2 is 1.85 bits per heavy atom. The maximum Gasteiger partial charge on any atom is 0.422 e. The van der Waals surface area contributed by atoms with Crippen molar-refractivity contribution in [3.8, 4) is 11.8 Å². The van der Waals surface area contributed by atoms with E-state index < -0.39 is 30.5 Å². The molecule has 1 aliphatic rings. The summed E-state index contributed by atoms with van der Waals surface area (Å²) < 4.78 is 46.6. The summed E-state index contributed by atoms with van der Waals surface area (Å²) in [5.74, 6) is -1.88. The van der Waals surface area contributed by atoms with Crippen molar-refractivity contribution in [2.24, 2.45) is 0 Å². The molecule has 2 aromatic rings. The number of ether oxygens (including phenoxy) is 2. The van der Waals surface area contributed by atoms with Crippen LogP contribution in [0.25, 0.3) is 0 Å². The Balaban J connectivity index is 1.74. The van der Waals surface area contributed by atoms with E-state index in [9.17, 15) is 32.8 Å². The molecule has 11 heteroatoms. The Hall–Kier alpha value is -3.91. The van der Waals surface area contributed by atoms with Crippen LogP contribution in [-0.2, 0) is 4.74 Å². The molecule has 3 amide bonds. The third-order valence-corrected chi connectivity index (χ3v) is 4.71. The van der Waals surface area contributed by atoms with Crippen molar-refractivity contribution in [2.75, 3.05) is 32.2 Å². The molecule has 0 fully saturated rings. The van der Waals surface area contributed by atoms with Crippen LogP contribution in [0.3, 0.4) is 0 Å². The van der Waals surface area contributed by atoms with Gasteiger partial charge in [0.1, 0.15) is 11.8 Å². The standard InChI is InChI=1S/C22H18F3N3O5/c1-32-8-2-7-28-20(30)16-5-3-13(10-17(16)21(28)31)19(29)27-15-4-6-18(14(9-15)11-26)33-12-22(23,24)25/h3-6,9-10H,2,7-8,12H2,1H3,(H,27,29). The normalized spacial score (nSPS) is 13.0. The Morgan fingerprint density at radius 1 is 1.12 bits per heavy atom. The number of alkyl halides is 3. The summed E-state index contributed by atoms with van der Waals surface area (Å²) >= 11 is 0. The van der Waals surface area contributed by atoms with Crippen molar-refractivity contribution in [1.82, 2.24) is 4.90 Å². The number of rotatable bonds is 8. The Kier molecular flexibility index (Phi) is 6.98. The summed E-state index contributed by atoms with van der Waals surface area (Å²) in [6.07, 6.45) is -4.09. The van der Waals surface area contributed by atoms with Crippen molar-refractivity contribution >= 4 is 23.4 Å². The van der Waals surface area contributed by atoms with Crippen LogP contribution in [0.1, 0.15) is 43.1 Å². The fourth-order valence-corrected chi connectivity index (χ4v) is 3.19. The minimum absolute atomic E-state index is 0.0875. The predicted molar refractivity (Wildman–Crippen MR) is 109 cm³/mol. The monoisotopic (exact) mass is 461 g/mol. The lowest BCUT2D eigenvalue weighted by atomic mass is 10.1. The second-order valence-electron chi connectivity index (χ2n) is 7.05. The molecule has 0 atom stereocenters. The van der Waals surface area contributed by atoms with Crippen LogP contribution in [-0.4, -0.2) is 55.7 Å². The van der Waals surface area contributed by atoms with Crippen molar-refractivity contribution in [3.63, 3.8) is 0 Å². The number of benzene rings is 2. The van der Waals surface area contributed by atoms with Gasteiger partial charge in [-0.3, -0.25) is 19.3 Å². The number of methoxy groups -OCH3 is 1. The van der Waals surface area contributed by atoms with Gasteiger partial charge in [0.15, 0.2) is 6.61 Å². The lowest BCUT2D eigenvalue weighted by Gasteiger charge is -2.12. The highest BCUT2D eigenvalue weighted by Gasteiger charge is 2.35. The van der Waals surface area contributed by atoms with Crippen molar-refractivity contribution < 1.29 is 37.0 Å². The van der Waals surface area contributed by atoms with E-state index in [2.05, 4.69) is 10.1 Å². The van der Waals surface area contributed by atoms with Crippen molar-refractivity contribution in [1.29, 1.82) is 5.26 Å². The number of halogens is 3. The molecule has 0 unspecified atom stereocenters. The summed E-state index contributed by atoms with van der Waals surface area (Å²) in [6.45, 7) is -0.995. The molecule has 0 saturated heterocycles. The second-order valence-corrected chi connectivity index (χ2v) is 7.05. The van der Waals surface area contributed by atoms with E-state index >= 15 is 0 Å². The Labute approximate surface area is 186 Å². The quantitative estimate of drug-likeness (QED) is 0.477. The zero-order chi connectivity index (χ0) is 24.2. The van der Waals surface area contributed by atoms with Crippen molar-refractivity contribution in [3.05, 3.63) is 58.7 Å². The van der Waals surface area contributed by atoms with Gasteiger partial charge in [-0.05, 0) is 42.8 Å². The van der Waals surface area contributed by atoms with E-state index in [0.717, 1.165) is 11.0 Å². The number of carbonyl (C=O) groups is 3. The van der Waals surface area contributed by atoms with Crippen LogP contribution in [0.2, 0.25) is 0 Å². The fraction of sp³-hybridized carbons (Fsp3) is 0.273. The number of nitrogens with one attached hydrogen (secondary N) is 1. The first-order valence-corrected chi connectivity index (χ1v) is 9.69. The molecule has 1 N–H and O–H groups in total. The van der Waals surface area contributed by atoms with Crippen LogP contribution in [0, 0.1) is 11.3 Å². The van der Waals surface area contributed by atoms with Gasteiger partial charge in [0.2, 0.25) is 0 Å². The number of anilines is 1. The molecule has 1 heterocycles. The number of nitrogens with zero attached hydrogens (tertiary/aromatic N) is 2. The molecule has 0 aliphatic carbocycles. The predicted octanol–water partition coefficient (Wildman–Crippen LogP) is 3.38. The zero-order valence-corrected chi connectivity index (χ0v) is 17.4. The maximum atomic E-state index is 12.6. The average Bonchev–Trinajstić information content (AvgIpc) is 3.02. The van der Waals surface area contributed by atoms with Crippen LogP contribution in [0.15, 0.2) is 36.4 Å². The van der Waals surface area contributed by atoms with E-state index in [-0.39, 0.29) is 40.2 Å². The molecule has 0 radical (unpaired) electrons. The maximum absolute atomic E-state index is 12.6. The highest BCUT2D eigenvalue weighted by atomic mass is 19.4. The summed E-state index contributed by atoms with van der Waals surface area (Å²) in [6, 6.07) is 9.37. The van der Waals surface area contributed by atoms with E-state index in [1.54, 1.807) is 6.07 Å². The van der Waals surface area contributed by atoms with Gasteiger partial charge < -0.3 is 14.8 Å². The molecule has 0 spiro atoms. The smallest absolute Gasteiger partial charge is 0.422 e. The lowest BCUT2D eigenvalue weighted by Crippen LogP contribution is -2.31. The second kappa shape index (κ2) is 9.70. The molecule has 172 valence electrons. The largest absolute Gasteiger partial charge is 0.483 e. The first kappa shape index (κ1) is 23.7. The number of fused-ring (bicyclic) bond motifs is 1. The number of carbonyl (C=O) groups excluding carboxylic acids is 3. The molecule has 0 bridgehead atoms. The summed E-state index contributed by atoms with van der Waals surface area (Å²) in [4.78, 5) is 38.8. The summed E-state index contributed by atoms with van der Waals surface area (Å²) in [5.41, 5.74) is 0.314. The fourth-order valence-electron chi connectivity index (χ4n) is 3.19. The highest BCUT2D eigenvalue weighted by Crippen LogP contribution is 2.27. The summed E-state index contributed by atoms with van der Waals surface area (Å²) in [5, 5.41) is 11.7. The molecule has 3 rings (SSSR count). The van der Waals surface area contributed by atoms with Gasteiger partial charge in [-0.15, -0.1) is 0 Å². The van der Waals surface area contributed by atoms with E-state index in [1.165, 1.54) is 37.4 Å². The lowest BCUT2D eigenvalue weighted by molar-refractivity contribution is -0.153. The highest BCUT2D eigenvalue weighted by molar-refractivity contribution is 6.22. The van der Waals surface area contributed by atoms with E-state index in [0.29, 0.717) is 13.0 Å². The van der Waals surface area contributed by atoms with Gasteiger partial charge >= 0.3 is 6.18 Å². The van der Waals surface area contributed by atoms with Crippen LogP contribution in [0.4, 0.5) is 18.9 Å². The van der Waals surface area contributed by atoms with Gasteiger partial charge in [-0.2, -0.15) is 18.4 Å². The number of hydrogen-bond donors (Lipinski definition) is 1. The molecule has 0 aromatic heterocycles. The number of amides is 3. The molecular formula is C22H18F3N3O5. The number of hydrogen-bond acceptors (Lipinski definition) is 6. The van der Waals surface area contributed by atoms with Gasteiger partial charge in [0.25, 0.3) is 17.7 Å². The van der Waals surface area contributed by atoms with E-state index in [1.807, 2.05) is 0 Å². The first-order valence-electron chi connectivity index (χ1n) is 9.69. The van der Waals surface area contributed by atoms with Gasteiger partial charge in [-0.25, -0.2) is 0 Å². The van der Waals surface area contributed by atoms with Gasteiger partial charge in [-0.1, -0.05) is 0 Å². The number of imide groups is 1. The molecular weight excluding hydrogens is 443 g/mol. The molecule has 1 aliphatic heterocycles. The topological polar surface area (TPSA) is 109 Å². The van der Waals surface area contributed by atoms with Crippen molar-refractivity contribution in [2.45, 2.75) is 12.6 Å². The van der Waals surface area contributed by atoms with Crippen LogP contribution < -0.4 is 10.1 Å². The molecule has 2 aromatic carbocycles. The minimum atomic E-state index is -4.56. The number of nitriles is 1. The van der Waals surface area contributed by atoms with Gasteiger partial charge in [0.05, 0.1) is 16.7 Å². The minimum Gasteiger partial charge on any atom is -0.483 e. The SMILES string of the molecule is COCCCN1C(=O)c2ccc(C(=O)Nc3ccc(OCC(F)(F)F)c(C#N)c3)cc2C1=O. The van der Waals surface area contributed by atoms with Crippen LogP contribution in [0.5, 0.6) is 5.75 Å². The third kappa shape index (κ3) is 5.48. The zero-order valence-electron chi connectivity index (χ0n) is 17.4. The Bertz CT molecular complexity index is 1140. The first-order chi connectivity index (χ1) is 15.6. The summed E-state index contributed by atoms with van der Waals surface area (Å²) in [7, 11) is 1.51. The van der Waals surface area contributed by atoms with Gasteiger partial charge in [0, 0.05) is 31.5 Å². The van der Waals surface area contributed by atoms with E-state index in [4.69, 9.17) is 4.74 Å². The van der Waals surface area contributed by atoms with Crippen LogP contribution >= 0.6 is 0 Å².